The van der Waals surface area contributed by atoms with Crippen LogP contribution in [0.3, 0.4) is 0 Å². The number of rotatable bonds is 3. The van der Waals surface area contributed by atoms with Gasteiger partial charge < -0.3 is 10.0 Å². The van der Waals surface area contributed by atoms with Crippen LogP contribution in [0.1, 0.15) is 41.4 Å². The number of aromatic amines is 1. The Hall–Kier alpha value is -1.85. The predicted molar refractivity (Wildman–Crippen MR) is 62.2 cm³/mol. The molecule has 1 aromatic heterocycles. The lowest BCUT2D eigenvalue weighted by atomic mass is 10.1. The molecular weight excluding hydrogens is 234 g/mol. The number of hydrogen-bond donors (Lipinski definition) is 2. The Labute approximate surface area is 104 Å². The van der Waals surface area contributed by atoms with Gasteiger partial charge >= 0.3 is 5.97 Å². The molecule has 2 N–H and O–H groups in total. The zero-order valence-electron chi connectivity index (χ0n) is 9.93. The molecule has 0 spiro atoms. The summed E-state index contributed by atoms with van der Waals surface area (Å²) in [6, 6.07) is 1.80. The normalized spacial score (nSPS) is 23.3. The number of carbonyl (C=O) groups is 2. The smallest absolute Gasteiger partial charge is 0.308 e. The number of H-pyrrole nitrogens is 1. The zero-order chi connectivity index (χ0) is 12.7. The molecule has 0 bridgehead atoms. The van der Waals surface area contributed by atoms with Crippen LogP contribution in [0, 0.1) is 5.92 Å². The van der Waals surface area contributed by atoms with Gasteiger partial charge in [0.05, 0.1) is 5.92 Å². The highest BCUT2D eigenvalue weighted by molar-refractivity contribution is 5.93. The summed E-state index contributed by atoms with van der Waals surface area (Å²) < 4.78 is 0. The monoisotopic (exact) mass is 249 g/mol. The second kappa shape index (κ2) is 4.12. The highest BCUT2D eigenvalue weighted by atomic mass is 16.4. The molecule has 2 heterocycles. The summed E-state index contributed by atoms with van der Waals surface area (Å²) in [4.78, 5) is 24.5. The molecular formula is C12H15N3O3. The molecule has 1 saturated carbocycles. The van der Waals surface area contributed by atoms with Crippen molar-refractivity contribution in [1.82, 2.24) is 15.1 Å². The van der Waals surface area contributed by atoms with E-state index in [4.69, 9.17) is 5.11 Å². The van der Waals surface area contributed by atoms with Gasteiger partial charge in [-0.2, -0.15) is 5.10 Å². The number of carboxylic acid groups (broad SMARTS) is 1. The fourth-order valence-corrected chi connectivity index (χ4v) is 2.36. The van der Waals surface area contributed by atoms with Gasteiger partial charge in [-0.1, -0.05) is 0 Å². The number of carboxylic acids is 1. The maximum absolute atomic E-state index is 12.1. The number of nitrogens with one attached hydrogen (secondary N) is 1. The van der Waals surface area contributed by atoms with Gasteiger partial charge in [0.25, 0.3) is 5.91 Å². The van der Waals surface area contributed by atoms with Crippen molar-refractivity contribution < 1.29 is 14.7 Å². The van der Waals surface area contributed by atoms with Crippen molar-refractivity contribution in [2.75, 3.05) is 13.1 Å². The fourth-order valence-electron chi connectivity index (χ4n) is 2.36. The molecule has 2 aliphatic rings. The van der Waals surface area contributed by atoms with E-state index < -0.39 is 11.9 Å². The molecule has 96 valence electrons. The molecule has 0 unspecified atom stereocenters. The Kier molecular flexibility index (Phi) is 2.57. The molecule has 1 atom stereocenters. The predicted octanol–water partition coefficient (Wildman–Crippen LogP) is 0.834. The van der Waals surface area contributed by atoms with E-state index in [0.29, 0.717) is 31.1 Å². The van der Waals surface area contributed by atoms with Crippen LogP contribution < -0.4 is 0 Å². The molecule has 1 saturated heterocycles. The number of hydrogen-bond acceptors (Lipinski definition) is 3. The first kappa shape index (κ1) is 11.3. The lowest BCUT2D eigenvalue weighted by Gasteiger charge is -2.13. The van der Waals surface area contributed by atoms with Crippen molar-refractivity contribution in [3.63, 3.8) is 0 Å². The van der Waals surface area contributed by atoms with Crippen LogP contribution in [0.4, 0.5) is 0 Å². The summed E-state index contributed by atoms with van der Waals surface area (Å²) in [5, 5.41) is 15.8. The van der Waals surface area contributed by atoms with Crippen LogP contribution in [0.5, 0.6) is 0 Å². The molecule has 6 heteroatoms. The number of amides is 1. The summed E-state index contributed by atoms with van der Waals surface area (Å²) in [5.41, 5.74) is 1.43. The maximum Gasteiger partial charge on any atom is 0.308 e. The van der Waals surface area contributed by atoms with Crippen LogP contribution in [-0.2, 0) is 4.79 Å². The number of nitrogens with zero attached hydrogens (tertiary/aromatic N) is 2. The van der Waals surface area contributed by atoms with Gasteiger partial charge in [-0.05, 0) is 25.3 Å². The van der Waals surface area contributed by atoms with E-state index in [1.54, 1.807) is 11.0 Å². The van der Waals surface area contributed by atoms with E-state index in [-0.39, 0.29) is 5.91 Å². The summed E-state index contributed by atoms with van der Waals surface area (Å²) >= 11 is 0. The number of aliphatic carboxylic acids is 1. The van der Waals surface area contributed by atoms with Gasteiger partial charge in [0, 0.05) is 24.7 Å². The quantitative estimate of drug-likeness (QED) is 0.830. The molecule has 1 amide bonds. The van der Waals surface area contributed by atoms with Crippen LogP contribution in [-0.4, -0.2) is 45.2 Å². The number of carbonyl (C=O) groups excluding carboxylic acids is 1. The lowest BCUT2D eigenvalue weighted by molar-refractivity contribution is -0.141. The first-order valence-electron chi connectivity index (χ1n) is 6.22. The Bertz CT molecular complexity index is 493. The minimum Gasteiger partial charge on any atom is -0.481 e. The average Bonchev–Trinajstić information content (AvgIpc) is 2.92. The third-order valence-electron chi connectivity index (χ3n) is 3.66. The van der Waals surface area contributed by atoms with E-state index in [0.717, 1.165) is 18.5 Å². The molecule has 1 aliphatic heterocycles. The third-order valence-corrected chi connectivity index (χ3v) is 3.66. The van der Waals surface area contributed by atoms with E-state index >= 15 is 0 Å². The highest BCUT2D eigenvalue weighted by Gasteiger charge is 2.33. The third kappa shape index (κ3) is 1.98. The number of aromatic nitrogens is 2. The Morgan fingerprint density at radius 1 is 1.39 bits per heavy atom. The zero-order valence-corrected chi connectivity index (χ0v) is 9.93. The molecule has 0 radical (unpaired) electrons. The first-order valence-corrected chi connectivity index (χ1v) is 6.22. The van der Waals surface area contributed by atoms with Gasteiger partial charge in [-0.3, -0.25) is 14.7 Å². The average molecular weight is 249 g/mol. The minimum absolute atomic E-state index is 0.165. The van der Waals surface area contributed by atoms with Gasteiger partial charge in [0.15, 0.2) is 0 Å². The molecule has 6 nitrogen and oxygen atoms in total. The summed E-state index contributed by atoms with van der Waals surface area (Å²) in [6.07, 6.45) is 2.84. The molecule has 0 aromatic carbocycles. The van der Waals surface area contributed by atoms with Crippen LogP contribution in [0.25, 0.3) is 0 Å². The van der Waals surface area contributed by atoms with E-state index in [1.807, 2.05) is 0 Å². The second-order valence-corrected chi connectivity index (χ2v) is 5.06. The van der Waals surface area contributed by atoms with Crippen LogP contribution >= 0.6 is 0 Å². The van der Waals surface area contributed by atoms with Gasteiger partial charge in [0.2, 0.25) is 0 Å². The van der Waals surface area contributed by atoms with Gasteiger partial charge in [-0.15, -0.1) is 0 Å². The molecule has 2 fully saturated rings. The topological polar surface area (TPSA) is 86.3 Å². The summed E-state index contributed by atoms with van der Waals surface area (Å²) in [5.74, 6) is -0.895. The highest BCUT2D eigenvalue weighted by Crippen LogP contribution is 2.39. The van der Waals surface area contributed by atoms with E-state index in [9.17, 15) is 9.59 Å². The Morgan fingerprint density at radius 3 is 2.78 bits per heavy atom. The van der Waals surface area contributed by atoms with Crippen molar-refractivity contribution in [2.24, 2.45) is 5.92 Å². The Balaban J connectivity index is 1.68. The minimum atomic E-state index is -0.828. The fraction of sp³-hybridized carbons (Fsp3) is 0.583. The second-order valence-electron chi connectivity index (χ2n) is 5.06. The van der Waals surface area contributed by atoms with Crippen LogP contribution in [0.15, 0.2) is 6.07 Å². The summed E-state index contributed by atoms with van der Waals surface area (Å²) in [6.45, 7) is 0.793. The number of likely N-dealkylation sites (tertiary alicyclic amines) is 1. The summed E-state index contributed by atoms with van der Waals surface area (Å²) in [7, 11) is 0. The SMILES string of the molecule is O=C(O)[C@@H]1CCN(C(=O)c2cc(C3CC3)[nH]n2)C1. The Morgan fingerprint density at radius 2 is 2.17 bits per heavy atom. The van der Waals surface area contributed by atoms with E-state index in [1.165, 1.54) is 0 Å². The van der Waals surface area contributed by atoms with Crippen molar-refractivity contribution >= 4 is 11.9 Å². The van der Waals surface area contributed by atoms with Gasteiger partial charge in [-0.25, -0.2) is 0 Å². The van der Waals surface area contributed by atoms with Crippen molar-refractivity contribution in [3.8, 4) is 0 Å². The van der Waals surface area contributed by atoms with Crippen molar-refractivity contribution in [1.29, 1.82) is 0 Å². The first-order chi connectivity index (χ1) is 8.65. The molecule has 1 aromatic rings. The molecule has 18 heavy (non-hydrogen) atoms. The molecule has 1 aliphatic carbocycles. The van der Waals surface area contributed by atoms with E-state index in [2.05, 4.69) is 10.2 Å². The lowest BCUT2D eigenvalue weighted by Crippen LogP contribution is -2.30. The molecule has 3 rings (SSSR count). The van der Waals surface area contributed by atoms with Crippen LogP contribution in [0.2, 0.25) is 0 Å². The van der Waals surface area contributed by atoms with Gasteiger partial charge in [0.1, 0.15) is 5.69 Å². The van der Waals surface area contributed by atoms with Crippen molar-refractivity contribution in [3.05, 3.63) is 17.5 Å². The maximum atomic E-state index is 12.1. The standard InChI is InChI=1S/C12H15N3O3/c16-11(15-4-3-8(6-15)12(17)18)10-5-9(13-14-10)7-1-2-7/h5,7-8H,1-4,6H2,(H,13,14)(H,17,18)/t8-/m1/s1. The van der Waals surface area contributed by atoms with Crippen molar-refractivity contribution in [2.45, 2.75) is 25.2 Å². The largest absolute Gasteiger partial charge is 0.481 e.